The van der Waals surface area contributed by atoms with Gasteiger partial charge in [0.15, 0.2) is 0 Å². The standard InChI is InChI=1S/C33H33N3O2/c1-33(2,3)27-17-15-26(16-18-27)32(38)35-29-9-6-8-28(21-29)34-31(37)25-13-11-23(12-14-25)22-36-20-19-24-7-4-5-10-30(24)36/h4-18,21H,19-20,22H2,1-3H3,(H,34,37)(H,35,38). The first-order chi connectivity index (χ1) is 18.3. The summed E-state index contributed by atoms with van der Waals surface area (Å²) in [6.07, 6.45) is 1.07. The molecule has 0 fully saturated rings. The van der Waals surface area contributed by atoms with Crippen LogP contribution in [-0.4, -0.2) is 18.4 Å². The maximum absolute atomic E-state index is 12.9. The number of nitrogens with one attached hydrogen (secondary N) is 2. The minimum absolute atomic E-state index is 0.0297. The van der Waals surface area contributed by atoms with Crippen molar-refractivity contribution in [3.63, 3.8) is 0 Å². The molecule has 0 saturated heterocycles. The van der Waals surface area contributed by atoms with Gasteiger partial charge in [0.2, 0.25) is 0 Å². The highest BCUT2D eigenvalue weighted by atomic mass is 16.2. The SMILES string of the molecule is CC(C)(C)c1ccc(C(=O)Nc2cccc(NC(=O)c3ccc(CN4CCc5ccccc54)cc3)c2)cc1. The number of benzene rings is 4. The van der Waals surface area contributed by atoms with E-state index in [0.717, 1.165) is 19.5 Å². The van der Waals surface area contributed by atoms with Gasteiger partial charge in [-0.15, -0.1) is 0 Å². The molecule has 5 rings (SSSR count). The Morgan fingerprint density at radius 1 is 0.737 bits per heavy atom. The van der Waals surface area contributed by atoms with E-state index in [1.165, 1.54) is 22.4 Å². The van der Waals surface area contributed by atoms with Gasteiger partial charge >= 0.3 is 0 Å². The average molecular weight is 504 g/mol. The number of anilines is 3. The second-order valence-corrected chi connectivity index (χ2v) is 10.8. The Hall–Kier alpha value is -4.38. The molecule has 2 amide bonds. The van der Waals surface area contributed by atoms with Gasteiger partial charge < -0.3 is 15.5 Å². The monoisotopic (exact) mass is 503 g/mol. The fourth-order valence-electron chi connectivity index (χ4n) is 4.76. The second kappa shape index (κ2) is 10.5. The molecule has 38 heavy (non-hydrogen) atoms. The van der Waals surface area contributed by atoms with E-state index in [0.29, 0.717) is 22.5 Å². The number of nitrogens with zero attached hydrogens (tertiary/aromatic N) is 1. The number of hydrogen-bond acceptors (Lipinski definition) is 3. The number of amides is 2. The van der Waals surface area contributed by atoms with E-state index in [1.807, 2.05) is 66.7 Å². The van der Waals surface area contributed by atoms with E-state index in [9.17, 15) is 9.59 Å². The Bertz CT molecular complexity index is 1450. The Balaban J connectivity index is 1.19. The Morgan fingerprint density at radius 2 is 1.32 bits per heavy atom. The summed E-state index contributed by atoms with van der Waals surface area (Å²) in [5, 5.41) is 5.86. The average Bonchev–Trinajstić information content (AvgIpc) is 3.31. The molecule has 4 aromatic carbocycles. The lowest BCUT2D eigenvalue weighted by Crippen LogP contribution is -2.19. The third-order valence-corrected chi connectivity index (χ3v) is 6.96. The molecule has 2 N–H and O–H groups in total. The van der Waals surface area contributed by atoms with Crippen LogP contribution in [0.2, 0.25) is 0 Å². The van der Waals surface area contributed by atoms with Crippen molar-refractivity contribution in [1.29, 1.82) is 0 Å². The highest BCUT2D eigenvalue weighted by molar-refractivity contribution is 6.06. The lowest BCUT2D eigenvalue weighted by molar-refractivity contribution is 0.101. The van der Waals surface area contributed by atoms with Crippen molar-refractivity contribution < 1.29 is 9.59 Å². The van der Waals surface area contributed by atoms with Crippen LogP contribution in [0, 0.1) is 0 Å². The third-order valence-electron chi connectivity index (χ3n) is 6.96. The minimum atomic E-state index is -0.190. The number of rotatable bonds is 6. The largest absolute Gasteiger partial charge is 0.367 e. The van der Waals surface area contributed by atoms with Crippen molar-refractivity contribution in [2.75, 3.05) is 22.1 Å². The number of hydrogen-bond donors (Lipinski definition) is 2. The van der Waals surface area contributed by atoms with E-state index in [4.69, 9.17) is 0 Å². The van der Waals surface area contributed by atoms with Crippen molar-refractivity contribution in [2.45, 2.75) is 39.2 Å². The fraction of sp³-hybridized carbons (Fsp3) is 0.212. The summed E-state index contributed by atoms with van der Waals surface area (Å²) in [5.41, 5.74) is 7.47. The van der Waals surface area contributed by atoms with E-state index < -0.39 is 0 Å². The van der Waals surface area contributed by atoms with Crippen molar-refractivity contribution in [3.8, 4) is 0 Å². The van der Waals surface area contributed by atoms with Crippen molar-refractivity contribution in [3.05, 3.63) is 125 Å². The van der Waals surface area contributed by atoms with Gasteiger partial charge in [-0.25, -0.2) is 0 Å². The maximum atomic E-state index is 12.9. The lowest BCUT2D eigenvalue weighted by atomic mass is 9.87. The van der Waals surface area contributed by atoms with Gasteiger partial charge in [0.25, 0.3) is 11.8 Å². The number of para-hydroxylation sites is 1. The van der Waals surface area contributed by atoms with Gasteiger partial charge in [-0.05, 0) is 77.1 Å². The molecule has 0 spiro atoms. The van der Waals surface area contributed by atoms with Crippen LogP contribution in [0.3, 0.4) is 0 Å². The molecule has 0 bridgehead atoms. The topological polar surface area (TPSA) is 61.4 Å². The summed E-state index contributed by atoms with van der Waals surface area (Å²) in [6, 6.07) is 31.1. The van der Waals surface area contributed by atoms with Crippen LogP contribution in [0.5, 0.6) is 0 Å². The third kappa shape index (κ3) is 5.78. The summed E-state index contributed by atoms with van der Waals surface area (Å²) in [4.78, 5) is 28.0. The van der Waals surface area contributed by atoms with Crippen molar-refractivity contribution >= 4 is 28.9 Å². The zero-order valence-corrected chi connectivity index (χ0v) is 22.1. The van der Waals surface area contributed by atoms with E-state index >= 15 is 0 Å². The fourth-order valence-corrected chi connectivity index (χ4v) is 4.76. The molecule has 0 radical (unpaired) electrons. The summed E-state index contributed by atoms with van der Waals surface area (Å²) in [6.45, 7) is 8.26. The predicted octanol–water partition coefficient (Wildman–Crippen LogP) is 7.05. The van der Waals surface area contributed by atoms with Crippen molar-refractivity contribution in [1.82, 2.24) is 0 Å². The van der Waals surface area contributed by atoms with E-state index in [1.54, 1.807) is 6.07 Å². The number of fused-ring (bicyclic) bond motifs is 1. The smallest absolute Gasteiger partial charge is 0.255 e. The van der Waals surface area contributed by atoms with Gasteiger partial charge in [-0.2, -0.15) is 0 Å². The highest BCUT2D eigenvalue weighted by Crippen LogP contribution is 2.29. The van der Waals surface area contributed by atoms with Crippen molar-refractivity contribution in [2.24, 2.45) is 0 Å². The molecule has 0 atom stereocenters. The van der Waals surface area contributed by atoms with Crippen LogP contribution in [-0.2, 0) is 18.4 Å². The zero-order chi connectivity index (χ0) is 26.7. The quantitative estimate of drug-likeness (QED) is 0.296. The lowest BCUT2D eigenvalue weighted by Gasteiger charge is -2.19. The zero-order valence-electron chi connectivity index (χ0n) is 22.1. The molecular formula is C33H33N3O2. The van der Waals surface area contributed by atoms with Gasteiger partial charge in [0, 0.05) is 41.3 Å². The molecule has 0 saturated carbocycles. The first-order valence-corrected chi connectivity index (χ1v) is 13.0. The van der Waals surface area contributed by atoms with Crippen LogP contribution in [0.15, 0.2) is 97.1 Å². The summed E-state index contributed by atoms with van der Waals surface area (Å²) in [5.74, 6) is -0.380. The molecule has 5 heteroatoms. The Morgan fingerprint density at radius 3 is 1.92 bits per heavy atom. The van der Waals surface area contributed by atoms with Crippen LogP contribution in [0.1, 0.15) is 58.2 Å². The van der Waals surface area contributed by atoms with Crippen LogP contribution >= 0.6 is 0 Å². The van der Waals surface area contributed by atoms with Crippen LogP contribution in [0.25, 0.3) is 0 Å². The van der Waals surface area contributed by atoms with Gasteiger partial charge in [0.1, 0.15) is 0 Å². The molecule has 192 valence electrons. The van der Waals surface area contributed by atoms with Crippen LogP contribution < -0.4 is 15.5 Å². The number of carbonyl (C=O) groups is 2. The molecular weight excluding hydrogens is 470 g/mol. The van der Waals surface area contributed by atoms with E-state index in [-0.39, 0.29) is 17.2 Å². The van der Waals surface area contributed by atoms with Gasteiger partial charge in [-0.1, -0.05) is 69.3 Å². The predicted molar refractivity (Wildman–Crippen MR) is 155 cm³/mol. The minimum Gasteiger partial charge on any atom is -0.367 e. The summed E-state index contributed by atoms with van der Waals surface area (Å²) < 4.78 is 0. The first-order valence-electron chi connectivity index (χ1n) is 13.0. The summed E-state index contributed by atoms with van der Waals surface area (Å²) in [7, 11) is 0. The molecule has 4 aromatic rings. The maximum Gasteiger partial charge on any atom is 0.255 e. The van der Waals surface area contributed by atoms with Gasteiger partial charge in [0.05, 0.1) is 0 Å². The highest BCUT2D eigenvalue weighted by Gasteiger charge is 2.18. The first kappa shape index (κ1) is 25.3. The molecule has 5 nitrogen and oxygen atoms in total. The molecule has 1 aliphatic rings. The summed E-state index contributed by atoms with van der Waals surface area (Å²) >= 11 is 0. The molecule has 0 unspecified atom stereocenters. The molecule has 0 aromatic heterocycles. The van der Waals surface area contributed by atoms with E-state index in [2.05, 4.69) is 60.6 Å². The molecule has 1 aliphatic heterocycles. The molecule has 1 heterocycles. The molecule has 0 aliphatic carbocycles. The second-order valence-electron chi connectivity index (χ2n) is 10.8. The Kier molecular flexibility index (Phi) is 7.01. The van der Waals surface area contributed by atoms with Crippen LogP contribution in [0.4, 0.5) is 17.1 Å². The normalized spacial score (nSPS) is 12.7. The number of carbonyl (C=O) groups excluding carboxylic acids is 2. The van der Waals surface area contributed by atoms with Gasteiger partial charge in [-0.3, -0.25) is 9.59 Å². The Labute approximate surface area is 224 Å².